The molecule has 98 valence electrons. The van der Waals surface area contributed by atoms with Gasteiger partial charge in [-0.05, 0) is 26.4 Å². The second kappa shape index (κ2) is 7.24. The summed E-state index contributed by atoms with van der Waals surface area (Å²) < 4.78 is 0. The zero-order valence-corrected chi connectivity index (χ0v) is 10.4. The van der Waals surface area contributed by atoms with E-state index in [1.807, 2.05) is 7.05 Å². The molecule has 1 saturated heterocycles. The Morgan fingerprint density at radius 1 is 1.47 bits per heavy atom. The molecular weight excluding hydrogens is 220 g/mol. The second-order valence-corrected chi connectivity index (χ2v) is 4.57. The predicted octanol–water partition coefficient (Wildman–Crippen LogP) is -0.355. The maximum absolute atomic E-state index is 11.2. The molecule has 0 aromatic heterocycles. The molecule has 17 heavy (non-hydrogen) atoms. The number of amides is 3. The van der Waals surface area contributed by atoms with Gasteiger partial charge in [0.05, 0.1) is 0 Å². The van der Waals surface area contributed by atoms with Gasteiger partial charge in [-0.2, -0.15) is 0 Å². The highest BCUT2D eigenvalue weighted by atomic mass is 16.2. The molecule has 4 N–H and O–H groups in total. The normalized spacial score (nSPS) is 20.2. The molecule has 0 saturated carbocycles. The monoisotopic (exact) mass is 242 g/mol. The number of imide groups is 1. The molecule has 0 bridgehead atoms. The molecule has 0 aromatic rings. The van der Waals surface area contributed by atoms with Crippen molar-refractivity contribution in [1.82, 2.24) is 15.5 Å². The van der Waals surface area contributed by atoms with Crippen molar-refractivity contribution in [2.24, 2.45) is 5.73 Å². The van der Waals surface area contributed by atoms with Crippen LogP contribution in [0.15, 0.2) is 0 Å². The minimum atomic E-state index is -0.786. The second-order valence-electron chi connectivity index (χ2n) is 4.57. The van der Waals surface area contributed by atoms with E-state index in [1.165, 1.54) is 19.3 Å². The molecule has 0 aliphatic carbocycles. The Morgan fingerprint density at radius 3 is 2.82 bits per heavy atom. The first-order chi connectivity index (χ1) is 8.08. The minimum absolute atomic E-state index is 0.298. The third-order valence-electron chi connectivity index (χ3n) is 2.93. The van der Waals surface area contributed by atoms with E-state index in [-0.39, 0.29) is 5.91 Å². The lowest BCUT2D eigenvalue weighted by Gasteiger charge is -2.28. The van der Waals surface area contributed by atoms with Gasteiger partial charge in [0, 0.05) is 25.6 Å². The van der Waals surface area contributed by atoms with Crippen LogP contribution < -0.4 is 16.4 Å². The Kier molecular flexibility index (Phi) is 5.93. The van der Waals surface area contributed by atoms with Gasteiger partial charge < -0.3 is 16.0 Å². The number of rotatable bonds is 5. The highest BCUT2D eigenvalue weighted by molar-refractivity contribution is 5.93. The smallest absolute Gasteiger partial charge is 0.318 e. The lowest BCUT2D eigenvalue weighted by molar-refractivity contribution is -0.120. The molecule has 1 fully saturated rings. The number of urea groups is 1. The third-order valence-corrected chi connectivity index (χ3v) is 2.93. The summed E-state index contributed by atoms with van der Waals surface area (Å²) in [5.41, 5.74) is 4.85. The van der Waals surface area contributed by atoms with Crippen LogP contribution in [0.5, 0.6) is 0 Å². The Hall–Kier alpha value is -1.14. The molecule has 1 aliphatic heterocycles. The molecule has 1 unspecified atom stereocenters. The quantitative estimate of drug-likeness (QED) is 0.614. The van der Waals surface area contributed by atoms with E-state index in [0.717, 1.165) is 13.1 Å². The molecule has 3 amide bonds. The van der Waals surface area contributed by atoms with Crippen molar-refractivity contribution in [1.29, 1.82) is 0 Å². The average Bonchev–Trinajstić information content (AvgIpc) is 2.27. The number of nitrogens with zero attached hydrogens (tertiary/aromatic N) is 1. The van der Waals surface area contributed by atoms with E-state index in [0.29, 0.717) is 19.0 Å². The van der Waals surface area contributed by atoms with Gasteiger partial charge in [0.15, 0.2) is 0 Å². The number of carbonyl (C=O) groups excluding carboxylic acids is 2. The van der Waals surface area contributed by atoms with E-state index < -0.39 is 6.03 Å². The summed E-state index contributed by atoms with van der Waals surface area (Å²) in [5.74, 6) is -0.319. The van der Waals surface area contributed by atoms with Gasteiger partial charge in [0.1, 0.15) is 0 Å². The van der Waals surface area contributed by atoms with Gasteiger partial charge in [0.2, 0.25) is 5.91 Å². The van der Waals surface area contributed by atoms with Crippen molar-refractivity contribution in [3.05, 3.63) is 0 Å². The molecule has 1 atom stereocenters. The van der Waals surface area contributed by atoms with Crippen molar-refractivity contribution in [2.45, 2.75) is 31.7 Å². The van der Waals surface area contributed by atoms with Gasteiger partial charge in [-0.1, -0.05) is 6.42 Å². The van der Waals surface area contributed by atoms with E-state index >= 15 is 0 Å². The fourth-order valence-electron chi connectivity index (χ4n) is 2.04. The van der Waals surface area contributed by atoms with E-state index in [1.54, 1.807) is 0 Å². The van der Waals surface area contributed by atoms with Crippen molar-refractivity contribution in [3.63, 3.8) is 0 Å². The minimum Gasteiger partial charge on any atom is -0.351 e. The topological polar surface area (TPSA) is 87.5 Å². The van der Waals surface area contributed by atoms with Crippen LogP contribution in [0.3, 0.4) is 0 Å². The van der Waals surface area contributed by atoms with Crippen molar-refractivity contribution in [2.75, 3.05) is 26.7 Å². The summed E-state index contributed by atoms with van der Waals surface area (Å²) in [6, 6.07) is -0.264. The summed E-state index contributed by atoms with van der Waals surface area (Å²) in [4.78, 5) is 23.7. The Bertz CT molecular complexity index is 264. The number of nitrogens with two attached hydrogens (primary N) is 1. The van der Waals surface area contributed by atoms with Crippen LogP contribution in [-0.4, -0.2) is 49.6 Å². The van der Waals surface area contributed by atoms with Gasteiger partial charge in [-0.3, -0.25) is 10.1 Å². The summed E-state index contributed by atoms with van der Waals surface area (Å²) in [6.45, 7) is 2.65. The van der Waals surface area contributed by atoms with Crippen molar-refractivity contribution in [3.8, 4) is 0 Å². The number of primary amides is 1. The molecule has 1 aliphatic rings. The van der Waals surface area contributed by atoms with Gasteiger partial charge in [-0.25, -0.2) is 4.79 Å². The van der Waals surface area contributed by atoms with Crippen LogP contribution in [0.1, 0.15) is 25.7 Å². The number of carbonyl (C=O) groups is 2. The highest BCUT2D eigenvalue weighted by Gasteiger charge is 2.15. The van der Waals surface area contributed by atoms with Crippen LogP contribution >= 0.6 is 0 Å². The SMILES string of the molecule is CN(CCC(=O)NC(N)=O)CC1CCCCN1. The third kappa shape index (κ3) is 6.23. The van der Waals surface area contributed by atoms with E-state index in [2.05, 4.69) is 15.5 Å². The summed E-state index contributed by atoms with van der Waals surface area (Å²) >= 11 is 0. The van der Waals surface area contributed by atoms with Gasteiger partial charge in [0.25, 0.3) is 0 Å². The summed E-state index contributed by atoms with van der Waals surface area (Å²) in [7, 11) is 1.98. The number of hydrogen-bond donors (Lipinski definition) is 3. The number of hydrogen-bond acceptors (Lipinski definition) is 4. The van der Waals surface area contributed by atoms with E-state index in [9.17, 15) is 9.59 Å². The zero-order valence-electron chi connectivity index (χ0n) is 10.4. The first kappa shape index (κ1) is 13.9. The lowest BCUT2D eigenvalue weighted by Crippen LogP contribution is -2.43. The Morgan fingerprint density at radius 2 is 2.24 bits per heavy atom. The van der Waals surface area contributed by atoms with Crippen LogP contribution in [0.2, 0.25) is 0 Å². The van der Waals surface area contributed by atoms with Crippen LogP contribution in [0.25, 0.3) is 0 Å². The Labute approximate surface area is 102 Å². The highest BCUT2D eigenvalue weighted by Crippen LogP contribution is 2.07. The largest absolute Gasteiger partial charge is 0.351 e. The van der Waals surface area contributed by atoms with Crippen LogP contribution in [-0.2, 0) is 4.79 Å². The molecule has 1 heterocycles. The molecule has 0 radical (unpaired) electrons. The summed E-state index contributed by atoms with van der Waals surface area (Å²) in [6.07, 6.45) is 4.01. The molecular formula is C11H22N4O2. The molecule has 0 aromatic carbocycles. The molecule has 6 heteroatoms. The Balaban J connectivity index is 2.13. The first-order valence-electron chi connectivity index (χ1n) is 6.09. The number of likely N-dealkylation sites (N-methyl/N-ethyl adjacent to an activating group) is 1. The first-order valence-corrected chi connectivity index (χ1v) is 6.09. The predicted molar refractivity (Wildman–Crippen MR) is 65.5 cm³/mol. The maximum atomic E-state index is 11.2. The van der Waals surface area contributed by atoms with Crippen LogP contribution in [0, 0.1) is 0 Å². The number of piperidine rings is 1. The van der Waals surface area contributed by atoms with Crippen molar-refractivity contribution < 1.29 is 9.59 Å². The standard InChI is InChI=1S/C11H22N4O2/c1-15(7-5-10(16)14-11(12)17)8-9-4-2-3-6-13-9/h9,13H,2-8H2,1H3,(H3,12,14,16,17). The molecule has 1 rings (SSSR count). The van der Waals surface area contributed by atoms with Crippen molar-refractivity contribution >= 4 is 11.9 Å². The van der Waals surface area contributed by atoms with E-state index in [4.69, 9.17) is 5.73 Å². The fraction of sp³-hybridized carbons (Fsp3) is 0.818. The fourth-order valence-corrected chi connectivity index (χ4v) is 2.04. The van der Waals surface area contributed by atoms with Gasteiger partial charge in [-0.15, -0.1) is 0 Å². The molecule has 0 spiro atoms. The number of nitrogens with one attached hydrogen (secondary N) is 2. The van der Waals surface area contributed by atoms with Gasteiger partial charge >= 0.3 is 6.03 Å². The van der Waals surface area contributed by atoms with Crippen LogP contribution in [0.4, 0.5) is 4.79 Å². The zero-order chi connectivity index (χ0) is 12.7. The lowest BCUT2D eigenvalue weighted by atomic mass is 10.0. The summed E-state index contributed by atoms with van der Waals surface area (Å²) in [5, 5.41) is 5.51. The maximum Gasteiger partial charge on any atom is 0.318 e. The molecule has 6 nitrogen and oxygen atoms in total. The average molecular weight is 242 g/mol.